The average Bonchev–Trinajstić information content (AvgIpc) is 2.83. The molecule has 0 aliphatic carbocycles. The second kappa shape index (κ2) is 5.64. The van der Waals surface area contributed by atoms with Gasteiger partial charge in [-0.05, 0) is 0 Å². The molecule has 9 heteroatoms. The van der Waals surface area contributed by atoms with Gasteiger partial charge in [0.2, 0.25) is 10.0 Å². The van der Waals surface area contributed by atoms with E-state index in [1.54, 1.807) is 9.47 Å². The van der Waals surface area contributed by atoms with E-state index < -0.39 is 10.0 Å². The lowest BCUT2D eigenvalue weighted by atomic mass is 10.2. The fourth-order valence-electron chi connectivity index (χ4n) is 2.89. The predicted octanol–water partition coefficient (Wildman–Crippen LogP) is -0.790. The quantitative estimate of drug-likeness (QED) is 0.710. The van der Waals surface area contributed by atoms with Crippen molar-refractivity contribution in [3.05, 3.63) is 17.2 Å². The zero-order valence-electron chi connectivity index (χ0n) is 12.8. The molecule has 3 heterocycles. The summed E-state index contributed by atoms with van der Waals surface area (Å²) in [5.41, 5.74) is 1.62. The summed E-state index contributed by atoms with van der Waals surface area (Å²) in [5.74, 6) is 0.258. The molecule has 0 N–H and O–H groups in total. The van der Waals surface area contributed by atoms with Gasteiger partial charge < -0.3 is 14.2 Å². The van der Waals surface area contributed by atoms with Gasteiger partial charge in [0.25, 0.3) is 5.91 Å². The lowest BCUT2D eigenvalue weighted by Gasteiger charge is -2.26. The molecule has 0 radical (unpaired) electrons. The number of nitrogens with zero attached hydrogens (tertiary/aromatic N) is 4. The lowest BCUT2D eigenvalue weighted by molar-refractivity contribution is 0.0292. The first kappa shape index (κ1) is 15.4. The van der Waals surface area contributed by atoms with Crippen LogP contribution in [-0.2, 0) is 34.8 Å². The van der Waals surface area contributed by atoms with Crippen LogP contribution >= 0.6 is 0 Å². The van der Waals surface area contributed by atoms with Gasteiger partial charge in [-0.1, -0.05) is 0 Å². The van der Waals surface area contributed by atoms with Gasteiger partial charge in [0, 0.05) is 38.8 Å². The molecule has 1 fully saturated rings. The fourth-order valence-corrected chi connectivity index (χ4v) is 3.67. The van der Waals surface area contributed by atoms with Crippen molar-refractivity contribution < 1.29 is 17.9 Å². The monoisotopic (exact) mass is 328 g/mol. The van der Waals surface area contributed by atoms with Crippen molar-refractivity contribution in [1.82, 2.24) is 18.8 Å². The molecule has 1 aromatic heterocycles. The van der Waals surface area contributed by atoms with Crippen LogP contribution in [-0.4, -0.2) is 72.2 Å². The van der Waals surface area contributed by atoms with Crippen LogP contribution in [0.3, 0.4) is 0 Å². The summed E-state index contributed by atoms with van der Waals surface area (Å²) in [6.45, 7) is 2.86. The molecular formula is C13H20N4O4S. The Labute approximate surface area is 129 Å². The standard InChI is InChI=1S/C13H20N4O4S/c1-15-11-3-4-17(22(2,19)20)9-10(11)14-12(15)13(18)16-5-7-21-8-6-16/h3-9H2,1-2H3. The third kappa shape index (κ3) is 2.75. The number of ether oxygens (including phenoxy) is 1. The van der Waals surface area contributed by atoms with Gasteiger partial charge in [-0.15, -0.1) is 0 Å². The van der Waals surface area contributed by atoms with Crippen LogP contribution in [0.15, 0.2) is 0 Å². The minimum Gasteiger partial charge on any atom is -0.378 e. The largest absolute Gasteiger partial charge is 0.378 e. The van der Waals surface area contributed by atoms with Crippen LogP contribution < -0.4 is 0 Å². The maximum atomic E-state index is 12.6. The molecule has 2 aliphatic heterocycles. The molecule has 1 saturated heterocycles. The van der Waals surface area contributed by atoms with Gasteiger partial charge >= 0.3 is 0 Å². The highest BCUT2D eigenvalue weighted by molar-refractivity contribution is 7.88. The molecule has 22 heavy (non-hydrogen) atoms. The third-order valence-electron chi connectivity index (χ3n) is 4.18. The van der Waals surface area contributed by atoms with E-state index >= 15 is 0 Å². The van der Waals surface area contributed by atoms with E-state index in [1.165, 1.54) is 10.6 Å². The summed E-state index contributed by atoms with van der Waals surface area (Å²) < 4.78 is 31.8. The number of fused-ring (bicyclic) bond motifs is 1. The zero-order valence-corrected chi connectivity index (χ0v) is 13.6. The Balaban J connectivity index is 1.86. The van der Waals surface area contributed by atoms with Crippen molar-refractivity contribution in [2.24, 2.45) is 7.05 Å². The summed E-state index contributed by atoms with van der Waals surface area (Å²) >= 11 is 0. The summed E-state index contributed by atoms with van der Waals surface area (Å²) in [5, 5.41) is 0. The molecule has 3 rings (SSSR count). The second-order valence-corrected chi connectivity index (χ2v) is 7.62. The van der Waals surface area contributed by atoms with E-state index in [1.807, 2.05) is 7.05 Å². The first-order chi connectivity index (χ1) is 10.4. The van der Waals surface area contributed by atoms with E-state index in [4.69, 9.17) is 4.74 Å². The Kier molecular flexibility index (Phi) is 3.96. The molecule has 1 aromatic rings. The molecule has 0 spiro atoms. The van der Waals surface area contributed by atoms with E-state index in [0.717, 1.165) is 5.69 Å². The fraction of sp³-hybridized carbons (Fsp3) is 0.692. The highest BCUT2D eigenvalue weighted by Gasteiger charge is 2.30. The van der Waals surface area contributed by atoms with Gasteiger partial charge in [-0.25, -0.2) is 13.4 Å². The Hall–Kier alpha value is -1.45. The van der Waals surface area contributed by atoms with Crippen molar-refractivity contribution in [1.29, 1.82) is 0 Å². The molecule has 1 amide bonds. The predicted molar refractivity (Wildman–Crippen MR) is 78.9 cm³/mol. The number of rotatable bonds is 2. The van der Waals surface area contributed by atoms with Gasteiger partial charge in [-0.3, -0.25) is 4.79 Å². The highest BCUT2D eigenvalue weighted by atomic mass is 32.2. The van der Waals surface area contributed by atoms with Crippen molar-refractivity contribution >= 4 is 15.9 Å². The number of imidazole rings is 1. The highest BCUT2D eigenvalue weighted by Crippen LogP contribution is 2.22. The van der Waals surface area contributed by atoms with Crippen LogP contribution in [0, 0.1) is 0 Å². The molecule has 2 aliphatic rings. The van der Waals surface area contributed by atoms with E-state index in [-0.39, 0.29) is 12.5 Å². The summed E-state index contributed by atoms with van der Waals surface area (Å²) in [4.78, 5) is 18.7. The van der Waals surface area contributed by atoms with Crippen LogP contribution in [0.2, 0.25) is 0 Å². The number of hydrogen-bond acceptors (Lipinski definition) is 5. The average molecular weight is 328 g/mol. The third-order valence-corrected chi connectivity index (χ3v) is 5.43. The Bertz CT molecular complexity index is 691. The van der Waals surface area contributed by atoms with Crippen LogP contribution in [0.1, 0.15) is 22.0 Å². The number of carbonyl (C=O) groups excluding carboxylic acids is 1. The Morgan fingerprint density at radius 2 is 1.91 bits per heavy atom. The molecule has 0 aromatic carbocycles. The maximum Gasteiger partial charge on any atom is 0.290 e. The molecular weight excluding hydrogens is 308 g/mol. The first-order valence-corrected chi connectivity index (χ1v) is 9.09. The second-order valence-electron chi connectivity index (χ2n) is 5.64. The minimum atomic E-state index is -3.24. The van der Waals surface area contributed by atoms with Crippen LogP contribution in [0.5, 0.6) is 0 Å². The van der Waals surface area contributed by atoms with E-state index in [2.05, 4.69) is 4.98 Å². The number of aromatic nitrogens is 2. The molecule has 0 unspecified atom stereocenters. The topological polar surface area (TPSA) is 84.7 Å². The normalized spacial score (nSPS) is 20.0. The summed E-state index contributed by atoms with van der Waals surface area (Å²) in [6.07, 6.45) is 1.77. The SMILES string of the molecule is Cn1c(C(=O)N2CCOCC2)nc2c1CCN(S(C)(=O)=O)C2. The Morgan fingerprint density at radius 3 is 2.55 bits per heavy atom. The van der Waals surface area contributed by atoms with Crippen molar-refractivity contribution in [3.63, 3.8) is 0 Å². The Morgan fingerprint density at radius 1 is 1.23 bits per heavy atom. The van der Waals surface area contributed by atoms with Crippen molar-refractivity contribution in [3.8, 4) is 0 Å². The lowest BCUT2D eigenvalue weighted by Crippen LogP contribution is -2.41. The van der Waals surface area contributed by atoms with Gasteiger partial charge in [0.15, 0.2) is 5.82 Å². The molecule has 0 atom stereocenters. The maximum absolute atomic E-state index is 12.6. The van der Waals surface area contributed by atoms with Gasteiger partial charge in [0.1, 0.15) is 0 Å². The van der Waals surface area contributed by atoms with Gasteiger partial charge in [-0.2, -0.15) is 4.31 Å². The molecule has 122 valence electrons. The van der Waals surface area contributed by atoms with E-state index in [9.17, 15) is 13.2 Å². The smallest absolute Gasteiger partial charge is 0.290 e. The van der Waals surface area contributed by atoms with Crippen LogP contribution in [0.25, 0.3) is 0 Å². The number of sulfonamides is 1. The number of carbonyl (C=O) groups is 1. The molecule has 0 bridgehead atoms. The molecule has 0 saturated carbocycles. The number of amides is 1. The minimum absolute atomic E-state index is 0.119. The van der Waals surface area contributed by atoms with E-state index in [0.29, 0.717) is 50.8 Å². The van der Waals surface area contributed by atoms with Gasteiger partial charge in [0.05, 0.1) is 31.7 Å². The first-order valence-electron chi connectivity index (χ1n) is 7.24. The summed E-state index contributed by atoms with van der Waals surface area (Å²) in [7, 11) is -1.43. The van der Waals surface area contributed by atoms with Crippen molar-refractivity contribution in [2.75, 3.05) is 39.1 Å². The van der Waals surface area contributed by atoms with Crippen molar-refractivity contribution in [2.45, 2.75) is 13.0 Å². The number of morpholine rings is 1. The molecule has 8 nitrogen and oxygen atoms in total. The number of hydrogen-bond donors (Lipinski definition) is 0. The zero-order chi connectivity index (χ0) is 15.9. The van der Waals surface area contributed by atoms with Crippen LogP contribution in [0.4, 0.5) is 0 Å². The summed E-state index contributed by atoms with van der Waals surface area (Å²) in [6, 6.07) is 0.